The lowest BCUT2D eigenvalue weighted by Gasteiger charge is -2.21. The molecule has 0 saturated carbocycles. The van der Waals surface area contributed by atoms with Crippen molar-refractivity contribution < 1.29 is 4.39 Å². The number of nitrogen functional groups attached to an aromatic ring is 1. The molecular formula is C18H18FN3S. The minimum Gasteiger partial charge on any atom is -0.389 e. The number of halogens is 1. The highest BCUT2D eigenvalue weighted by Gasteiger charge is 2.19. The first-order valence-electron chi connectivity index (χ1n) is 7.46. The van der Waals surface area contributed by atoms with Crippen molar-refractivity contribution in [2.24, 2.45) is 0 Å². The van der Waals surface area contributed by atoms with Crippen LogP contribution in [-0.4, -0.2) is 11.5 Å². The maximum Gasteiger partial charge on any atom is 0.192 e. The van der Waals surface area contributed by atoms with Gasteiger partial charge in [-0.25, -0.2) is 9.37 Å². The van der Waals surface area contributed by atoms with Gasteiger partial charge >= 0.3 is 0 Å². The summed E-state index contributed by atoms with van der Waals surface area (Å²) in [6.45, 7) is 4.88. The third-order valence-corrected chi connectivity index (χ3v) is 4.63. The topological polar surface area (TPSA) is 42.2 Å². The third kappa shape index (κ3) is 2.92. The van der Waals surface area contributed by atoms with Crippen molar-refractivity contribution in [1.82, 2.24) is 4.98 Å². The molecule has 3 aromatic rings. The van der Waals surface area contributed by atoms with E-state index in [1.165, 1.54) is 17.4 Å². The van der Waals surface area contributed by atoms with Crippen molar-refractivity contribution in [3.8, 4) is 11.3 Å². The smallest absolute Gasteiger partial charge is 0.192 e. The Bertz CT molecular complexity index is 829. The van der Waals surface area contributed by atoms with Crippen molar-refractivity contribution in [2.75, 3.05) is 17.2 Å². The zero-order valence-electron chi connectivity index (χ0n) is 13.1. The van der Waals surface area contributed by atoms with Crippen molar-refractivity contribution >= 4 is 27.2 Å². The Labute approximate surface area is 139 Å². The summed E-state index contributed by atoms with van der Waals surface area (Å²) in [7, 11) is 0. The SMILES string of the molecule is CCN(c1nc(-c2ccccc2F)c(N)s1)c1ccccc1C. The minimum absolute atomic E-state index is 0.310. The minimum atomic E-state index is -0.310. The lowest BCUT2D eigenvalue weighted by atomic mass is 10.1. The molecule has 2 N–H and O–H groups in total. The summed E-state index contributed by atoms with van der Waals surface area (Å²) in [5.74, 6) is -0.310. The molecule has 1 heterocycles. The van der Waals surface area contributed by atoms with E-state index in [0.717, 1.165) is 22.9 Å². The Morgan fingerprint density at radius 2 is 1.83 bits per heavy atom. The molecule has 2 aromatic carbocycles. The normalized spacial score (nSPS) is 10.7. The summed E-state index contributed by atoms with van der Waals surface area (Å²) in [6.07, 6.45) is 0. The van der Waals surface area contributed by atoms with Crippen molar-refractivity contribution in [2.45, 2.75) is 13.8 Å². The van der Waals surface area contributed by atoms with Crippen LogP contribution >= 0.6 is 11.3 Å². The lowest BCUT2D eigenvalue weighted by molar-refractivity contribution is 0.631. The van der Waals surface area contributed by atoms with Crippen LogP contribution in [0.15, 0.2) is 48.5 Å². The Morgan fingerprint density at radius 3 is 2.52 bits per heavy atom. The number of benzene rings is 2. The monoisotopic (exact) mass is 327 g/mol. The number of anilines is 3. The summed E-state index contributed by atoms with van der Waals surface area (Å²) < 4.78 is 14.0. The van der Waals surface area contributed by atoms with E-state index in [9.17, 15) is 4.39 Å². The molecule has 23 heavy (non-hydrogen) atoms. The quantitative estimate of drug-likeness (QED) is 0.733. The van der Waals surface area contributed by atoms with Crippen LogP contribution in [0.4, 0.5) is 20.2 Å². The van der Waals surface area contributed by atoms with Crippen LogP contribution in [0.25, 0.3) is 11.3 Å². The molecule has 0 unspecified atom stereocenters. The van der Waals surface area contributed by atoms with Gasteiger partial charge in [-0.15, -0.1) is 0 Å². The Morgan fingerprint density at radius 1 is 1.13 bits per heavy atom. The lowest BCUT2D eigenvalue weighted by Crippen LogP contribution is -2.16. The van der Waals surface area contributed by atoms with Crippen LogP contribution in [-0.2, 0) is 0 Å². The molecule has 3 nitrogen and oxygen atoms in total. The van der Waals surface area contributed by atoms with Crippen molar-refractivity contribution in [1.29, 1.82) is 0 Å². The summed E-state index contributed by atoms with van der Waals surface area (Å²) >= 11 is 1.38. The molecule has 0 radical (unpaired) electrons. The Balaban J connectivity index is 2.06. The maximum atomic E-state index is 14.0. The van der Waals surface area contributed by atoms with Gasteiger partial charge in [0, 0.05) is 17.8 Å². The zero-order valence-corrected chi connectivity index (χ0v) is 13.9. The van der Waals surface area contributed by atoms with Gasteiger partial charge in [-0.3, -0.25) is 0 Å². The van der Waals surface area contributed by atoms with Crippen LogP contribution in [0, 0.1) is 12.7 Å². The van der Waals surface area contributed by atoms with E-state index in [2.05, 4.69) is 35.9 Å². The van der Waals surface area contributed by atoms with Gasteiger partial charge in [-0.1, -0.05) is 41.7 Å². The molecule has 0 fully saturated rings. The fourth-order valence-electron chi connectivity index (χ4n) is 2.56. The summed E-state index contributed by atoms with van der Waals surface area (Å²) in [5.41, 5.74) is 9.31. The molecule has 0 bridgehead atoms. The standard InChI is InChI=1S/C18H18FN3S/c1-3-22(15-11-7-4-8-12(15)2)18-21-16(17(20)23-18)13-9-5-6-10-14(13)19/h4-11H,3,20H2,1-2H3. The third-order valence-electron chi connectivity index (χ3n) is 3.72. The summed E-state index contributed by atoms with van der Waals surface area (Å²) in [5, 5.41) is 1.30. The second-order valence-electron chi connectivity index (χ2n) is 5.22. The van der Waals surface area contributed by atoms with Gasteiger partial charge in [-0.05, 0) is 37.6 Å². The fraction of sp³-hybridized carbons (Fsp3) is 0.167. The highest BCUT2D eigenvalue weighted by Crippen LogP contribution is 2.39. The van der Waals surface area contributed by atoms with Gasteiger partial charge in [0.05, 0.1) is 0 Å². The first kappa shape index (κ1) is 15.5. The zero-order chi connectivity index (χ0) is 16.4. The van der Waals surface area contributed by atoms with Gasteiger partial charge in [-0.2, -0.15) is 0 Å². The number of rotatable bonds is 4. The van der Waals surface area contributed by atoms with Gasteiger partial charge in [0.15, 0.2) is 5.13 Å². The average molecular weight is 327 g/mol. The second-order valence-corrected chi connectivity index (χ2v) is 6.23. The predicted octanol–water partition coefficient (Wildman–Crippen LogP) is 5.00. The summed E-state index contributed by atoms with van der Waals surface area (Å²) in [4.78, 5) is 6.71. The molecule has 0 amide bonds. The molecule has 0 spiro atoms. The van der Waals surface area contributed by atoms with E-state index in [1.807, 2.05) is 12.1 Å². The predicted molar refractivity (Wildman–Crippen MR) is 95.8 cm³/mol. The molecule has 0 aliphatic heterocycles. The van der Waals surface area contributed by atoms with Gasteiger partial charge in [0.25, 0.3) is 0 Å². The average Bonchev–Trinajstić information content (AvgIpc) is 2.92. The highest BCUT2D eigenvalue weighted by molar-refractivity contribution is 7.20. The molecule has 0 saturated heterocycles. The molecule has 1 aromatic heterocycles. The van der Waals surface area contributed by atoms with Crippen LogP contribution < -0.4 is 10.6 Å². The van der Waals surface area contributed by atoms with E-state index in [0.29, 0.717) is 16.3 Å². The number of nitrogens with two attached hydrogens (primary N) is 1. The van der Waals surface area contributed by atoms with E-state index >= 15 is 0 Å². The van der Waals surface area contributed by atoms with E-state index < -0.39 is 0 Å². The van der Waals surface area contributed by atoms with Gasteiger partial charge < -0.3 is 10.6 Å². The Kier molecular flexibility index (Phi) is 4.30. The van der Waals surface area contributed by atoms with Crippen LogP contribution in [0.3, 0.4) is 0 Å². The number of hydrogen-bond acceptors (Lipinski definition) is 4. The van der Waals surface area contributed by atoms with E-state index in [1.54, 1.807) is 18.2 Å². The number of para-hydroxylation sites is 1. The van der Waals surface area contributed by atoms with Crippen LogP contribution in [0.1, 0.15) is 12.5 Å². The highest BCUT2D eigenvalue weighted by atomic mass is 32.1. The summed E-state index contributed by atoms with van der Waals surface area (Å²) in [6, 6.07) is 14.7. The first-order chi connectivity index (χ1) is 11.1. The maximum absolute atomic E-state index is 14.0. The molecular weight excluding hydrogens is 309 g/mol. The molecule has 5 heteroatoms. The molecule has 0 aliphatic rings. The van der Waals surface area contributed by atoms with Gasteiger partial charge in [0.2, 0.25) is 0 Å². The number of hydrogen-bond donors (Lipinski definition) is 1. The molecule has 118 valence electrons. The number of thiazole rings is 1. The van der Waals surface area contributed by atoms with Crippen molar-refractivity contribution in [3.05, 3.63) is 59.9 Å². The van der Waals surface area contributed by atoms with Crippen LogP contribution in [0.5, 0.6) is 0 Å². The molecule has 3 rings (SSSR count). The Hall–Kier alpha value is -2.40. The number of aromatic nitrogens is 1. The van der Waals surface area contributed by atoms with Gasteiger partial charge in [0.1, 0.15) is 16.5 Å². The molecule has 0 atom stereocenters. The number of nitrogens with zero attached hydrogens (tertiary/aromatic N) is 2. The van der Waals surface area contributed by atoms with E-state index in [4.69, 9.17) is 5.73 Å². The first-order valence-corrected chi connectivity index (χ1v) is 8.27. The van der Waals surface area contributed by atoms with Crippen molar-refractivity contribution in [3.63, 3.8) is 0 Å². The number of aryl methyl sites for hydroxylation is 1. The molecule has 0 aliphatic carbocycles. The fourth-order valence-corrected chi connectivity index (χ4v) is 3.48. The second kappa shape index (κ2) is 6.38. The van der Waals surface area contributed by atoms with Crippen LogP contribution in [0.2, 0.25) is 0 Å². The largest absolute Gasteiger partial charge is 0.389 e. The van der Waals surface area contributed by atoms with E-state index in [-0.39, 0.29) is 5.82 Å².